The standard InChI is InChI=1S/C22H21BO3.2C10H11N2O2/c24-23(25)26-18-10-17-22(19-11-4-1-5-12-19,20-13-6-2-7-14-20)21-15-8-3-9-16-21;2*1-2-14-12-8-4-3-5-9(12)10(13)6-7-11/h1-9,11-16H,10,17-18H2;2*3-5,8H,2,6H2,1H3/q-2;2*+1. The SMILES string of the molecule is CCO[n+]1ccccc1C(=O)CC#N.CCO[n+]1ccccc1C(=O)CC#N.[O-]B([O-])OCCCC(c1ccccc1)(c1ccccc1)c1ccccc1. The number of rotatable bonds is 16. The van der Waals surface area contributed by atoms with E-state index in [1.165, 1.54) is 26.2 Å². The Morgan fingerprint density at radius 1 is 0.630 bits per heavy atom. The van der Waals surface area contributed by atoms with E-state index in [0.29, 0.717) is 31.0 Å². The molecule has 0 saturated carbocycles. The number of hydrogen-bond donors (Lipinski definition) is 0. The molecule has 0 aliphatic heterocycles. The predicted octanol–water partition coefficient (Wildman–Crippen LogP) is 3.56. The van der Waals surface area contributed by atoms with Crippen molar-refractivity contribution in [1.29, 1.82) is 10.5 Å². The number of pyridine rings is 2. The molecule has 0 saturated heterocycles. The molecule has 0 unspecified atom stereocenters. The van der Waals surface area contributed by atoms with Gasteiger partial charge < -0.3 is 14.7 Å². The second-order valence-electron chi connectivity index (χ2n) is 11.4. The summed E-state index contributed by atoms with van der Waals surface area (Å²) in [5.41, 5.74) is 3.97. The van der Waals surface area contributed by atoms with Crippen molar-refractivity contribution in [2.24, 2.45) is 0 Å². The highest BCUT2D eigenvalue weighted by Gasteiger charge is 2.35. The Balaban J connectivity index is 0.000000238. The number of benzene rings is 3. The van der Waals surface area contributed by atoms with Crippen LogP contribution in [0.25, 0.3) is 0 Å². The van der Waals surface area contributed by atoms with Gasteiger partial charge in [0.25, 0.3) is 0 Å². The minimum Gasteiger partial charge on any atom is -0.871 e. The molecule has 12 heteroatoms. The van der Waals surface area contributed by atoms with Gasteiger partial charge in [0.1, 0.15) is 12.8 Å². The van der Waals surface area contributed by atoms with Crippen molar-refractivity contribution in [2.45, 2.75) is 44.9 Å². The van der Waals surface area contributed by atoms with Gasteiger partial charge in [0.2, 0.25) is 24.0 Å². The highest BCUT2D eigenvalue weighted by Crippen LogP contribution is 2.42. The van der Waals surface area contributed by atoms with Crippen LogP contribution in [0, 0.1) is 22.7 Å². The summed E-state index contributed by atoms with van der Waals surface area (Å²) >= 11 is 0. The Morgan fingerprint density at radius 3 is 1.33 bits per heavy atom. The third-order valence-electron chi connectivity index (χ3n) is 7.98. The zero-order valence-electron chi connectivity index (χ0n) is 30.5. The van der Waals surface area contributed by atoms with Crippen LogP contribution in [0.2, 0.25) is 0 Å². The zero-order chi connectivity index (χ0) is 39.0. The Hall–Kier alpha value is -6.18. The molecule has 0 N–H and O–H groups in total. The van der Waals surface area contributed by atoms with Gasteiger partial charge in [-0.3, -0.25) is 19.3 Å². The van der Waals surface area contributed by atoms with E-state index in [2.05, 4.69) is 36.4 Å². The minimum absolute atomic E-state index is 0.128. The summed E-state index contributed by atoms with van der Waals surface area (Å²) in [4.78, 5) is 33.2. The van der Waals surface area contributed by atoms with Crippen molar-refractivity contribution in [1.82, 2.24) is 0 Å². The molecule has 54 heavy (non-hydrogen) atoms. The number of Topliss-reactive ketones (excluding diaryl/α,β-unsaturated/α-hetero) is 2. The lowest BCUT2D eigenvalue weighted by Crippen LogP contribution is -2.48. The van der Waals surface area contributed by atoms with E-state index in [0.717, 1.165) is 6.42 Å². The Labute approximate surface area is 317 Å². The lowest BCUT2D eigenvalue weighted by molar-refractivity contribution is -0.892. The maximum absolute atomic E-state index is 11.4. The van der Waals surface area contributed by atoms with Crippen LogP contribution in [0.3, 0.4) is 0 Å². The van der Waals surface area contributed by atoms with Crippen LogP contribution < -0.4 is 29.2 Å². The molecule has 0 bridgehead atoms. The molecule has 5 rings (SSSR count). The number of ketones is 2. The van der Waals surface area contributed by atoms with Crippen molar-refractivity contribution in [3.63, 3.8) is 0 Å². The summed E-state index contributed by atoms with van der Waals surface area (Å²) in [5.74, 6) is -0.469. The van der Waals surface area contributed by atoms with Gasteiger partial charge in [-0.15, -0.1) is 0 Å². The molecular weight excluding hydrogens is 683 g/mol. The van der Waals surface area contributed by atoms with Gasteiger partial charge in [-0.05, 0) is 55.5 Å². The molecule has 11 nitrogen and oxygen atoms in total. The number of carbonyl (C=O) groups is 2. The highest BCUT2D eigenvalue weighted by molar-refractivity contribution is 6.28. The summed E-state index contributed by atoms with van der Waals surface area (Å²) in [5, 5.41) is 38.2. The zero-order valence-corrected chi connectivity index (χ0v) is 30.5. The van der Waals surface area contributed by atoms with E-state index in [-0.39, 0.29) is 36.4 Å². The number of aromatic nitrogens is 2. The Bertz CT molecular complexity index is 1780. The van der Waals surface area contributed by atoms with Gasteiger partial charge in [0.15, 0.2) is 13.2 Å². The van der Waals surface area contributed by atoms with Gasteiger partial charge in [-0.2, -0.15) is 10.5 Å². The van der Waals surface area contributed by atoms with E-state index in [4.69, 9.17) is 24.9 Å². The van der Waals surface area contributed by atoms with E-state index < -0.39 is 7.32 Å². The molecule has 0 spiro atoms. The fraction of sp³-hybridized carbons (Fsp3) is 0.238. The summed E-state index contributed by atoms with van der Waals surface area (Å²) in [6, 6.07) is 44.9. The van der Waals surface area contributed by atoms with Crippen LogP contribution >= 0.6 is 0 Å². The molecule has 3 aromatic carbocycles. The van der Waals surface area contributed by atoms with E-state index in [9.17, 15) is 19.6 Å². The average molecular weight is 727 g/mol. The summed E-state index contributed by atoms with van der Waals surface area (Å²) in [6.07, 6.45) is 4.38. The van der Waals surface area contributed by atoms with Crippen LogP contribution in [-0.4, -0.2) is 38.7 Å². The third kappa shape index (κ3) is 12.5. The van der Waals surface area contributed by atoms with Crippen molar-refractivity contribution in [3.8, 4) is 12.1 Å². The molecular formula is C42H43BN4O7. The molecule has 0 atom stereocenters. The van der Waals surface area contributed by atoms with Crippen LogP contribution in [0.4, 0.5) is 0 Å². The molecule has 2 aromatic heterocycles. The minimum atomic E-state index is -2.23. The van der Waals surface area contributed by atoms with Crippen molar-refractivity contribution in [3.05, 3.63) is 168 Å². The number of nitrogens with zero attached hydrogens (tertiary/aromatic N) is 4. The maximum Gasteiger partial charge on any atom is 0.301 e. The van der Waals surface area contributed by atoms with Crippen molar-refractivity contribution < 1.29 is 43.4 Å². The number of hydrogen-bond acceptors (Lipinski definition) is 9. The maximum atomic E-state index is 11.4. The van der Waals surface area contributed by atoms with Crippen LogP contribution in [0.1, 0.15) is 77.2 Å². The first-order valence-electron chi connectivity index (χ1n) is 17.5. The fourth-order valence-corrected chi connectivity index (χ4v) is 5.73. The van der Waals surface area contributed by atoms with Crippen LogP contribution in [-0.2, 0) is 10.1 Å². The lowest BCUT2D eigenvalue weighted by atomic mass is 9.67. The quantitative estimate of drug-likeness (QED) is 0.0487. The van der Waals surface area contributed by atoms with Crippen LogP contribution in [0.15, 0.2) is 140 Å². The fourth-order valence-electron chi connectivity index (χ4n) is 5.73. The molecule has 276 valence electrons. The van der Waals surface area contributed by atoms with Gasteiger partial charge in [0.05, 0.1) is 19.5 Å². The summed E-state index contributed by atoms with van der Waals surface area (Å²) < 4.78 is 7.51. The smallest absolute Gasteiger partial charge is 0.301 e. The van der Waals surface area contributed by atoms with Crippen LogP contribution in [0.5, 0.6) is 0 Å². The molecule has 0 aliphatic carbocycles. The largest absolute Gasteiger partial charge is 0.871 e. The van der Waals surface area contributed by atoms with Gasteiger partial charge in [0, 0.05) is 45.7 Å². The first-order chi connectivity index (χ1) is 26.3. The first-order valence-corrected chi connectivity index (χ1v) is 17.5. The molecule has 2 heterocycles. The third-order valence-corrected chi connectivity index (χ3v) is 7.98. The van der Waals surface area contributed by atoms with Crippen molar-refractivity contribution in [2.75, 3.05) is 19.8 Å². The highest BCUT2D eigenvalue weighted by atomic mass is 16.7. The van der Waals surface area contributed by atoms with E-state index in [1.807, 2.05) is 80.6 Å². The molecule has 0 aliphatic rings. The topological polar surface area (TPSA) is 163 Å². The average Bonchev–Trinajstić information content (AvgIpc) is 3.20. The molecule has 0 radical (unpaired) electrons. The molecule has 0 amide bonds. The Morgan fingerprint density at radius 2 is 1.00 bits per heavy atom. The van der Waals surface area contributed by atoms with Gasteiger partial charge >= 0.3 is 11.4 Å². The van der Waals surface area contributed by atoms with Crippen molar-refractivity contribution >= 4 is 18.9 Å². The molecule has 0 fully saturated rings. The predicted molar refractivity (Wildman–Crippen MR) is 197 cm³/mol. The normalized spacial score (nSPS) is 10.2. The molecule has 5 aromatic rings. The lowest BCUT2D eigenvalue weighted by Gasteiger charge is -2.37. The second-order valence-corrected chi connectivity index (χ2v) is 11.4. The van der Waals surface area contributed by atoms with E-state index in [1.54, 1.807) is 48.8 Å². The number of nitriles is 2. The summed E-state index contributed by atoms with van der Waals surface area (Å²) in [6.45, 7) is 4.77. The van der Waals surface area contributed by atoms with Gasteiger partial charge in [-0.25, -0.2) is 0 Å². The summed E-state index contributed by atoms with van der Waals surface area (Å²) in [7, 11) is -2.23. The Kier molecular flexibility index (Phi) is 18.3. The monoisotopic (exact) mass is 726 g/mol. The number of carbonyl (C=O) groups excluding carboxylic acids is 2. The second kappa shape index (κ2) is 23.4. The first kappa shape index (κ1) is 42.2. The van der Waals surface area contributed by atoms with E-state index >= 15 is 0 Å². The van der Waals surface area contributed by atoms with Gasteiger partial charge in [-0.1, -0.05) is 91.0 Å².